The van der Waals surface area contributed by atoms with Crippen LogP contribution in [0.25, 0.3) is 0 Å². The van der Waals surface area contributed by atoms with Crippen molar-refractivity contribution < 1.29 is 9.53 Å². The molecule has 4 heteroatoms. The van der Waals surface area contributed by atoms with E-state index in [0.717, 1.165) is 11.3 Å². The lowest BCUT2D eigenvalue weighted by Crippen LogP contribution is -2.15. The van der Waals surface area contributed by atoms with Gasteiger partial charge in [-0.1, -0.05) is 58.9 Å². The number of rotatable bonds is 5. The molecule has 0 aliphatic heterocycles. The molecule has 0 radical (unpaired) electrons. The number of ether oxygens (including phenoxy) is 1. The molecule has 24 heavy (non-hydrogen) atoms. The fourth-order valence-electron chi connectivity index (χ4n) is 2.45. The summed E-state index contributed by atoms with van der Waals surface area (Å²) in [6, 6.07) is 10.3. The van der Waals surface area contributed by atoms with Crippen molar-refractivity contribution in [3.63, 3.8) is 0 Å². The summed E-state index contributed by atoms with van der Waals surface area (Å²) in [4.78, 5) is 12.3. The maximum atomic E-state index is 12.3. The van der Waals surface area contributed by atoms with Crippen molar-refractivity contribution in [2.24, 2.45) is 0 Å². The van der Waals surface area contributed by atoms with E-state index in [0.29, 0.717) is 24.8 Å². The minimum atomic E-state index is -0.320. The van der Waals surface area contributed by atoms with Crippen LogP contribution < -0.4 is 0 Å². The van der Waals surface area contributed by atoms with Gasteiger partial charge in [-0.3, -0.25) is 4.68 Å². The van der Waals surface area contributed by atoms with E-state index >= 15 is 0 Å². The number of esters is 1. The van der Waals surface area contributed by atoms with E-state index in [1.807, 2.05) is 13.0 Å². The van der Waals surface area contributed by atoms with Crippen molar-refractivity contribution in [1.82, 2.24) is 9.78 Å². The van der Waals surface area contributed by atoms with Gasteiger partial charge < -0.3 is 4.74 Å². The predicted molar refractivity (Wildman–Crippen MR) is 96.5 cm³/mol. The second-order valence-corrected chi connectivity index (χ2v) is 7.44. The van der Waals surface area contributed by atoms with Crippen molar-refractivity contribution >= 4 is 5.97 Å². The molecule has 0 amide bonds. The smallest absolute Gasteiger partial charge is 0.356 e. The van der Waals surface area contributed by atoms with Crippen LogP contribution in [0.4, 0.5) is 0 Å². The summed E-state index contributed by atoms with van der Waals surface area (Å²) in [5.74, 6) is 0.186. The molecule has 0 saturated carbocycles. The van der Waals surface area contributed by atoms with Crippen LogP contribution in [-0.4, -0.2) is 22.4 Å². The van der Waals surface area contributed by atoms with Gasteiger partial charge in [0.25, 0.3) is 0 Å². The number of hydrogen-bond acceptors (Lipinski definition) is 3. The molecule has 0 aliphatic carbocycles. The molecule has 0 saturated heterocycles. The fourth-order valence-corrected chi connectivity index (χ4v) is 2.45. The maximum absolute atomic E-state index is 12.3. The summed E-state index contributed by atoms with van der Waals surface area (Å²) in [6.07, 6.45) is 0. The van der Waals surface area contributed by atoms with Crippen LogP contribution in [0.5, 0.6) is 0 Å². The van der Waals surface area contributed by atoms with Crippen LogP contribution in [0.15, 0.2) is 30.3 Å². The van der Waals surface area contributed by atoms with E-state index in [-0.39, 0.29) is 11.4 Å². The van der Waals surface area contributed by atoms with Crippen LogP contribution in [0.2, 0.25) is 0 Å². The first-order valence-electron chi connectivity index (χ1n) is 8.56. The Kier molecular flexibility index (Phi) is 5.47. The standard InChI is InChI=1S/C20H28N2O2/c1-7-24-19(23)17-12-18(20(4,5)6)21-22(17)13-15-8-10-16(11-9-15)14(2)3/h8-12,14H,7,13H2,1-6H3. The SMILES string of the molecule is CCOC(=O)c1cc(C(C)(C)C)nn1Cc1ccc(C(C)C)cc1. The zero-order valence-corrected chi connectivity index (χ0v) is 15.6. The molecule has 0 aliphatic rings. The Bertz CT molecular complexity index is 691. The first-order valence-corrected chi connectivity index (χ1v) is 8.56. The lowest BCUT2D eigenvalue weighted by atomic mass is 9.92. The van der Waals surface area contributed by atoms with Gasteiger partial charge in [0.1, 0.15) is 5.69 Å². The van der Waals surface area contributed by atoms with Crippen molar-refractivity contribution in [2.75, 3.05) is 6.61 Å². The zero-order valence-electron chi connectivity index (χ0n) is 15.6. The number of aromatic nitrogens is 2. The Morgan fingerprint density at radius 3 is 2.33 bits per heavy atom. The van der Waals surface area contributed by atoms with E-state index in [4.69, 9.17) is 4.74 Å². The molecule has 0 bridgehead atoms. The van der Waals surface area contributed by atoms with Crippen LogP contribution >= 0.6 is 0 Å². The highest BCUT2D eigenvalue weighted by molar-refractivity contribution is 5.87. The third-order valence-corrected chi connectivity index (χ3v) is 4.01. The quantitative estimate of drug-likeness (QED) is 0.758. The van der Waals surface area contributed by atoms with Crippen LogP contribution in [0.3, 0.4) is 0 Å². The molecule has 130 valence electrons. The molecule has 0 N–H and O–H groups in total. The summed E-state index contributed by atoms with van der Waals surface area (Å²) in [7, 11) is 0. The van der Waals surface area contributed by atoms with E-state index in [9.17, 15) is 4.79 Å². The zero-order chi connectivity index (χ0) is 17.9. The van der Waals surface area contributed by atoms with Crippen molar-refractivity contribution in [3.05, 3.63) is 52.8 Å². The summed E-state index contributed by atoms with van der Waals surface area (Å²) < 4.78 is 6.94. The molecule has 1 aromatic heterocycles. The summed E-state index contributed by atoms with van der Waals surface area (Å²) >= 11 is 0. The van der Waals surface area contributed by atoms with Crippen LogP contribution in [0, 0.1) is 0 Å². The highest BCUT2D eigenvalue weighted by Gasteiger charge is 2.23. The van der Waals surface area contributed by atoms with Gasteiger partial charge in [0.05, 0.1) is 18.8 Å². The minimum Gasteiger partial charge on any atom is -0.461 e. The highest BCUT2D eigenvalue weighted by Crippen LogP contribution is 2.23. The van der Waals surface area contributed by atoms with Gasteiger partial charge in [-0.25, -0.2) is 4.79 Å². The van der Waals surface area contributed by atoms with Gasteiger partial charge in [-0.15, -0.1) is 0 Å². The molecule has 0 atom stereocenters. The molecule has 1 heterocycles. The van der Waals surface area contributed by atoms with E-state index in [2.05, 4.69) is 64.0 Å². The van der Waals surface area contributed by atoms with Gasteiger partial charge in [0, 0.05) is 5.41 Å². The highest BCUT2D eigenvalue weighted by atomic mass is 16.5. The molecule has 1 aromatic carbocycles. The largest absolute Gasteiger partial charge is 0.461 e. The molecule has 2 rings (SSSR count). The minimum absolute atomic E-state index is 0.117. The number of hydrogen-bond donors (Lipinski definition) is 0. The van der Waals surface area contributed by atoms with Crippen LogP contribution in [0.1, 0.15) is 74.8 Å². The Balaban J connectivity index is 2.33. The topological polar surface area (TPSA) is 44.1 Å². The number of carbonyl (C=O) groups is 1. The van der Waals surface area contributed by atoms with Crippen LogP contribution in [-0.2, 0) is 16.7 Å². The van der Waals surface area contributed by atoms with E-state index in [1.54, 1.807) is 4.68 Å². The van der Waals surface area contributed by atoms with Crippen molar-refractivity contribution in [2.45, 2.75) is 59.4 Å². The van der Waals surface area contributed by atoms with Crippen molar-refractivity contribution in [1.29, 1.82) is 0 Å². The summed E-state index contributed by atoms with van der Waals surface area (Å²) in [5.41, 5.74) is 3.71. The number of benzene rings is 1. The first-order chi connectivity index (χ1) is 11.2. The Morgan fingerprint density at radius 2 is 1.83 bits per heavy atom. The lowest BCUT2D eigenvalue weighted by Gasteiger charge is -2.14. The normalized spacial score (nSPS) is 11.8. The van der Waals surface area contributed by atoms with Gasteiger partial charge in [0.2, 0.25) is 0 Å². The summed E-state index contributed by atoms with van der Waals surface area (Å²) in [6.45, 7) is 13.4. The third kappa shape index (κ3) is 4.25. The molecular formula is C20H28N2O2. The predicted octanol–water partition coefficient (Wildman–Crippen LogP) is 4.53. The Morgan fingerprint density at radius 1 is 1.21 bits per heavy atom. The second-order valence-electron chi connectivity index (χ2n) is 7.44. The number of carbonyl (C=O) groups excluding carboxylic acids is 1. The lowest BCUT2D eigenvalue weighted by molar-refractivity contribution is 0.0512. The van der Waals surface area contributed by atoms with Crippen molar-refractivity contribution in [3.8, 4) is 0 Å². The fraction of sp³-hybridized carbons (Fsp3) is 0.500. The Labute approximate surface area is 144 Å². The second kappa shape index (κ2) is 7.20. The van der Waals surface area contributed by atoms with Gasteiger partial charge in [-0.2, -0.15) is 5.10 Å². The molecule has 0 unspecified atom stereocenters. The molecule has 0 spiro atoms. The first kappa shape index (κ1) is 18.2. The summed E-state index contributed by atoms with van der Waals surface area (Å²) in [5, 5.41) is 4.65. The molecular weight excluding hydrogens is 300 g/mol. The van der Waals surface area contributed by atoms with E-state index in [1.165, 1.54) is 5.56 Å². The van der Waals surface area contributed by atoms with Gasteiger partial charge in [0.15, 0.2) is 0 Å². The average Bonchev–Trinajstić information content (AvgIpc) is 2.92. The Hall–Kier alpha value is -2.10. The number of nitrogens with zero attached hydrogens (tertiary/aromatic N) is 2. The van der Waals surface area contributed by atoms with Gasteiger partial charge in [-0.05, 0) is 30.0 Å². The average molecular weight is 328 g/mol. The monoisotopic (exact) mass is 328 g/mol. The molecule has 0 fully saturated rings. The maximum Gasteiger partial charge on any atom is 0.356 e. The third-order valence-electron chi connectivity index (χ3n) is 4.01. The van der Waals surface area contributed by atoms with Gasteiger partial charge >= 0.3 is 5.97 Å². The molecule has 4 nitrogen and oxygen atoms in total. The molecule has 2 aromatic rings. The van der Waals surface area contributed by atoms with E-state index < -0.39 is 0 Å².